The Morgan fingerprint density at radius 1 is 1.00 bits per heavy atom. The number of amides is 4. The van der Waals surface area contributed by atoms with Crippen molar-refractivity contribution < 1.29 is 33.5 Å². The summed E-state index contributed by atoms with van der Waals surface area (Å²) in [7, 11) is 0. The van der Waals surface area contributed by atoms with Crippen LogP contribution in [0, 0.1) is 17.8 Å². The largest absolute Gasteiger partial charge is 0.460 e. The van der Waals surface area contributed by atoms with Crippen molar-refractivity contribution >= 4 is 35.4 Å². The summed E-state index contributed by atoms with van der Waals surface area (Å²) < 4.78 is 5.21. The summed E-state index contributed by atoms with van der Waals surface area (Å²) in [5, 5.41) is 8.05. The average Bonchev–Trinajstić information content (AvgIpc) is 3.54. The van der Waals surface area contributed by atoms with Crippen molar-refractivity contribution in [2.45, 2.75) is 116 Å². The number of esters is 1. The van der Waals surface area contributed by atoms with Crippen LogP contribution in [0.3, 0.4) is 0 Å². The molecule has 3 rings (SSSR count). The lowest BCUT2D eigenvalue weighted by molar-refractivity contribution is -0.154. The fourth-order valence-electron chi connectivity index (χ4n) is 6.00. The van der Waals surface area contributed by atoms with Crippen LogP contribution in [0.15, 0.2) is 0 Å². The minimum absolute atomic E-state index is 0.00770. The van der Waals surface area contributed by atoms with Crippen molar-refractivity contribution in [3.05, 3.63) is 0 Å². The molecule has 224 valence electrons. The van der Waals surface area contributed by atoms with Gasteiger partial charge in [0.25, 0.3) is 5.91 Å². The van der Waals surface area contributed by atoms with Gasteiger partial charge in [0.15, 0.2) is 0 Å². The third kappa shape index (κ3) is 8.51. The number of likely N-dealkylation sites (tertiary alicyclic amines) is 1. The van der Waals surface area contributed by atoms with E-state index in [1.165, 1.54) is 6.92 Å². The van der Waals surface area contributed by atoms with E-state index in [1.807, 2.05) is 6.92 Å². The van der Waals surface area contributed by atoms with Crippen LogP contribution in [0.25, 0.3) is 0 Å². The first-order valence-electron chi connectivity index (χ1n) is 14.7. The molecule has 1 saturated heterocycles. The molecule has 1 unspecified atom stereocenters. The van der Waals surface area contributed by atoms with E-state index in [1.54, 1.807) is 25.7 Å². The predicted molar refractivity (Wildman–Crippen MR) is 147 cm³/mol. The Morgan fingerprint density at radius 2 is 1.68 bits per heavy atom. The van der Waals surface area contributed by atoms with Gasteiger partial charge >= 0.3 is 5.97 Å². The number of piperidine rings is 1. The fraction of sp³-hybridized carbons (Fsp3) is 0.793. The van der Waals surface area contributed by atoms with E-state index in [2.05, 4.69) is 16.0 Å². The second-order valence-electron chi connectivity index (χ2n) is 12.5. The van der Waals surface area contributed by atoms with Crippen molar-refractivity contribution in [3.63, 3.8) is 0 Å². The molecule has 3 N–H and O–H groups in total. The van der Waals surface area contributed by atoms with Gasteiger partial charge in [-0.25, -0.2) is 0 Å². The van der Waals surface area contributed by atoms with Gasteiger partial charge in [-0.2, -0.15) is 0 Å². The Hall–Kier alpha value is -2.98. The maximum atomic E-state index is 13.7. The summed E-state index contributed by atoms with van der Waals surface area (Å²) in [6.45, 7) is 8.85. The molecule has 0 aromatic heterocycles. The number of ketones is 1. The molecule has 1 heterocycles. The normalized spacial score (nSPS) is 23.8. The number of hydrogen-bond acceptors (Lipinski definition) is 7. The maximum Gasteiger partial charge on any atom is 0.308 e. The number of fused-ring (bicyclic) bond motifs is 1. The third-order valence-electron chi connectivity index (χ3n) is 7.92. The van der Waals surface area contributed by atoms with Crippen LogP contribution < -0.4 is 16.0 Å². The van der Waals surface area contributed by atoms with Crippen LogP contribution >= 0.6 is 0 Å². The van der Waals surface area contributed by atoms with E-state index in [-0.39, 0.29) is 49.0 Å². The Labute approximate surface area is 236 Å². The van der Waals surface area contributed by atoms with Crippen molar-refractivity contribution in [1.29, 1.82) is 0 Å². The lowest BCUT2D eigenvalue weighted by Gasteiger charge is -2.35. The van der Waals surface area contributed by atoms with Gasteiger partial charge in [-0.15, -0.1) is 0 Å². The third-order valence-corrected chi connectivity index (χ3v) is 7.92. The Kier molecular flexibility index (Phi) is 10.7. The van der Waals surface area contributed by atoms with E-state index in [9.17, 15) is 28.8 Å². The highest BCUT2D eigenvalue weighted by Gasteiger charge is 2.58. The topological polar surface area (TPSA) is 151 Å². The summed E-state index contributed by atoms with van der Waals surface area (Å²) >= 11 is 0. The molecule has 2 aliphatic carbocycles. The molecular weight excluding hydrogens is 516 g/mol. The van der Waals surface area contributed by atoms with Gasteiger partial charge in [-0.3, -0.25) is 28.8 Å². The number of rotatable bonds is 12. The zero-order valence-electron chi connectivity index (χ0n) is 24.5. The Balaban J connectivity index is 1.63. The van der Waals surface area contributed by atoms with Crippen molar-refractivity contribution in [2.24, 2.45) is 17.8 Å². The van der Waals surface area contributed by atoms with Crippen LogP contribution in [-0.4, -0.2) is 77.1 Å². The van der Waals surface area contributed by atoms with E-state index in [0.29, 0.717) is 13.0 Å². The molecule has 0 aromatic carbocycles. The lowest BCUT2D eigenvalue weighted by Crippen LogP contribution is -2.58. The number of carbonyl (C=O) groups is 6. The van der Waals surface area contributed by atoms with Gasteiger partial charge in [0.1, 0.15) is 17.7 Å². The summed E-state index contributed by atoms with van der Waals surface area (Å²) in [4.78, 5) is 78.2. The quantitative estimate of drug-likeness (QED) is 0.242. The highest BCUT2D eigenvalue weighted by molar-refractivity contribution is 6.38. The minimum atomic E-state index is -1.04. The van der Waals surface area contributed by atoms with Crippen LogP contribution in [0.5, 0.6) is 0 Å². The number of hydrogen-bond donors (Lipinski definition) is 3. The molecule has 2 saturated carbocycles. The lowest BCUT2D eigenvalue weighted by atomic mass is 9.83. The van der Waals surface area contributed by atoms with Crippen LogP contribution in [0.4, 0.5) is 0 Å². The van der Waals surface area contributed by atoms with E-state index < -0.39 is 47.3 Å². The van der Waals surface area contributed by atoms with Gasteiger partial charge in [0, 0.05) is 20.0 Å². The highest BCUT2D eigenvalue weighted by atomic mass is 16.6. The SMILES string of the molecule is CCCC(NC(=O)[C@@H]1[C@H]2C[C@H]2CN1C(=O)[C@@H](NC(C)=O)C1CCCCC1)C(=O)C(=O)NCCC(=O)OC(C)(C)C. The van der Waals surface area contributed by atoms with Crippen molar-refractivity contribution in [2.75, 3.05) is 13.1 Å². The molecule has 1 aliphatic heterocycles. The molecule has 11 heteroatoms. The fourth-order valence-corrected chi connectivity index (χ4v) is 6.00. The second kappa shape index (κ2) is 13.6. The monoisotopic (exact) mass is 562 g/mol. The number of nitrogens with one attached hydrogen (secondary N) is 3. The first-order chi connectivity index (χ1) is 18.8. The van der Waals surface area contributed by atoms with E-state index in [0.717, 1.165) is 38.5 Å². The standard InChI is InChI=1S/C29H46N4O7/c1-6-10-21(25(36)27(38)30-14-13-22(35)40-29(3,4)5)32-26(37)24-20-15-19(20)16-33(24)28(39)23(31-17(2)34)18-11-8-7-9-12-18/h18-21,23-24H,6-16H2,1-5H3,(H,30,38)(H,31,34)(H,32,37)/t19-,20-,21?,23-,24-/m0/s1. The summed E-state index contributed by atoms with van der Waals surface area (Å²) in [5.74, 6) is -2.87. The highest BCUT2D eigenvalue weighted by Crippen LogP contribution is 2.50. The average molecular weight is 563 g/mol. The molecule has 5 atom stereocenters. The molecule has 3 aliphatic rings. The Bertz CT molecular complexity index is 985. The molecule has 11 nitrogen and oxygen atoms in total. The Morgan fingerprint density at radius 3 is 2.27 bits per heavy atom. The van der Waals surface area contributed by atoms with Gasteiger partial charge in [0.05, 0.1) is 12.5 Å². The van der Waals surface area contributed by atoms with E-state index >= 15 is 0 Å². The van der Waals surface area contributed by atoms with Gasteiger partial charge in [-0.05, 0) is 64.2 Å². The first-order valence-corrected chi connectivity index (χ1v) is 14.7. The number of nitrogens with zero attached hydrogens (tertiary/aromatic N) is 1. The number of Topliss-reactive ketones (excluding diaryl/α,β-unsaturated/α-hetero) is 1. The summed E-state index contributed by atoms with van der Waals surface area (Å²) in [6.07, 6.45) is 6.37. The molecular formula is C29H46N4O7. The molecule has 0 bridgehead atoms. The smallest absolute Gasteiger partial charge is 0.308 e. The molecule has 0 radical (unpaired) electrons. The van der Waals surface area contributed by atoms with Crippen molar-refractivity contribution in [1.82, 2.24) is 20.9 Å². The molecule has 3 fully saturated rings. The molecule has 40 heavy (non-hydrogen) atoms. The maximum absolute atomic E-state index is 13.7. The summed E-state index contributed by atoms with van der Waals surface area (Å²) in [5.41, 5.74) is -0.651. The second-order valence-corrected chi connectivity index (χ2v) is 12.5. The first kappa shape index (κ1) is 31.5. The van der Waals surface area contributed by atoms with E-state index in [4.69, 9.17) is 4.74 Å². The van der Waals surface area contributed by atoms with Crippen LogP contribution in [0.2, 0.25) is 0 Å². The van der Waals surface area contributed by atoms with Crippen molar-refractivity contribution in [3.8, 4) is 0 Å². The van der Waals surface area contributed by atoms with Gasteiger partial charge in [0.2, 0.25) is 23.5 Å². The summed E-state index contributed by atoms with van der Waals surface area (Å²) in [6, 6.07) is -2.45. The van der Waals surface area contributed by atoms with Gasteiger partial charge < -0.3 is 25.6 Å². The molecule has 0 spiro atoms. The number of ether oxygens (including phenoxy) is 1. The predicted octanol–water partition coefficient (Wildman–Crippen LogP) is 1.62. The van der Waals surface area contributed by atoms with Gasteiger partial charge in [-0.1, -0.05) is 32.6 Å². The number of carbonyl (C=O) groups excluding carboxylic acids is 6. The van der Waals surface area contributed by atoms with Crippen LogP contribution in [0.1, 0.15) is 92.4 Å². The zero-order valence-corrected chi connectivity index (χ0v) is 24.5. The van der Waals surface area contributed by atoms with Crippen LogP contribution in [-0.2, 0) is 33.5 Å². The minimum Gasteiger partial charge on any atom is -0.460 e. The zero-order chi connectivity index (χ0) is 29.6. The molecule has 0 aromatic rings. The molecule has 4 amide bonds.